The number of aryl methyl sites for hydroxylation is 1. The number of carbonyl (C=O) groups is 4. The second kappa shape index (κ2) is 22.4. The first-order valence-corrected chi connectivity index (χ1v) is 26.2. The number of benzene rings is 4. The van der Waals surface area contributed by atoms with Gasteiger partial charge in [0.05, 0.1) is 34.4 Å². The van der Waals surface area contributed by atoms with Gasteiger partial charge in [0, 0.05) is 42.9 Å². The Morgan fingerprint density at radius 1 is 0.961 bits per heavy atom. The number of likely N-dealkylation sites (tertiary alicyclic amines) is 1. The Labute approximate surface area is 439 Å². The van der Waals surface area contributed by atoms with Gasteiger partial charge < -0.3 is 36.4 Å². The summed E-state index contributed by atoms with van der Waals surface area (Å²) in [6.07, 6.45) is -0.0689. The highest BCUT2D eigenvalue weighted by atomic mass is 32.2. The Morgan fingerprint density at radius 3 is 2.29 bits per heavy atom. The number of aromatic nitrogens is 5. The van der Waals surface area contributed by atoms with E-state index in [1.165, 1.54) is 41.3 Å². The summed E-state index contributed by atoms with van der Waals surface area (Å²) in [5.41, 5.74) is 10.8. The van der Waals surface area contributed by atoms with Crippen LogP contribution >= 0.6 is 11.3 Å². The molecule has 76 heavy (non-hydrogen) atoms. The van der Waals surface area contributed by atoms with Crippen molar-refractivity contribution in [3.8, 4) is 27.4 Å². The first kappa shape index (κ1) is 54.2. The number of halogens is 3. The molecular weight excluding hydrogens is 1030 g/mol. The summed E-state index contributed by atoms with van der Waals surface area (Å²) in [7, 11) is -5.14. The lowest BCUT2D eigenvalue weighted by molar-refractivity contribution is -0.142. The number of aromatic amines is 1. The normalized spacial score (nSPS) is 15.5. The molecule has 4 aromatic carbocycles. The lowest BCUT2D eigenvalue weighted by Crippen LogP contribution is -2.57. The van der Waals surface area contributed by atoms with Crippen molar-refractivity contribution in [3.63, 3.8) is 0 Å². The topological polar surface area (TPSA) is 269 Å². The molecule has 19 nitrogen and oxygen atoms in total. The van der Waals surface area contributed by atoms with E-state index in [-0.39, 0.29) is 71.5 Å². The van der Waals surface area contributed by atoms with E-state index >= 15 is 0 Å². The highest BCUT2D eigenvalue weighted by Crippen LogP contribution is 2.37. The van der Waals surface area contributed by atoms with E-state index in [4.69, 9.17) is 10.5 Å². The number of primary amides is 1. The predicted molar refractivity (Wildman–Crippen MR) is 279 cm³/mol. The van der Waals surface area contributed by atoms with Gasteiger partial charge in [0.25, 0.3) is 21.8 Å². The van der Waals surface area contributed by atoms with Crippen LogP contribution in [0.25, 0.3) is 21.7 Å². The average molecular weight is 1080 g/mol. The lowest BCUT2D eigenvalue weighted by Gasteiger charge is -2.35. The number of H-pyrrole nitrogens is 1. The van der Waals surface area contributed by atoms with Gasteiger partial charge in [-0.2, -0.15) is 19.0 Å². The standard InChI is InChI=1S/C52H54F3N11O8S2/c1-28-44(75-27-58-28)33-10-6-30(7-11-33)24-57-49(70)39-23-37(67)26-66(39)50(71)45(52(3,4)5)60-48(69)34-12-8-31(9-13-34)25-65-21-20-41(63-65)59-47-42(46(56)68)43(61-62-47)35-16-19-38(64-76(72,73)51(54)55)40(22-35)74-29(2)32-14-17-36(53)18-15-32/h6-22,27,29,37,39,45,51,64,67H,23-26H2,1-5H3,(H2,56,68)(H,57,70)(H,60,69)(H2,59,61,62,63)/t29-,37+,39-,45+/m0/s1. The van der Waals surface area contributed by atoms with E-state index in [1.54, 1.807) is 85.8 Å². The molecule has 0 unspecified atom stereocenters. The summed E-state index contributed by atoms with van der Waals surface area (Å²) in [5, 5.41) is 31.0. The fraction of sp³-hybridized carbons (Fsp3) is 0.288. The van der Waals surface area contributed by atoms with Gasteiger partial charge in [0.15, 0.2) is 5.82 Å². The van der Waals surface area contributed by atoms with E-state index in [1.807, 2.05) is 35.9 Å². The van der Waals surface area contributed by atoms with Crippen LogP contribution in [0, 0.1) is 18.2 Å². The number of carbonyl (C=O) groups excluding carboxylic acids is 4. The zero-order chi connectivity index (χ0) is 54.6. The highest BCUT2D eigenvalue weighted by Gasteiger charge is 2.44. The summed E-state index contributed by atoms with van der Waals surface area (Å²) in [6, 6.07) is 23.0. The molecule has 1 aliphatic rings. The summed E-state index contributed by atoms with van der Waals surface area (Å²) >= 11 is 1.55. The molecule has 24 heteroatoms. The quantitative estimate of drug-likeness (QED) is 0.0422. The van der Waals surface area contributed by atoms with Gasteiger partial charge in [-0.05, 0) is 77.9 Å². The molecule has 1 fully saturated rings. The third-order valence-corrected chi connectivity index (χ3v) is 14.5. The van der Waals surface area contributed by atoms with Gasteiger partial charge in [-0.3, -0.25) is 33.7 Å². The number of thiazole rings is 1. The number of hydrogen-bond acceptors (Lipinski definition) is 13. The number of nitrogens with zero attached hydrogens (tertiary/aromatic N) is 5. The second-order valence-corrected chi connectivity index (χ2v) is 21.7. The van der Waals surface area contributed by atoms with Crippen LogP contribution < -0.4 is 31.1 Å². The number of anilines is 3. The van der Waals surface area contributed by atoms with Crippen LogP contribution in [0.5, 0.6) is 5.75 Å². The van der Waals surface area contributed by atoms with Crippen LogP contribution in [0.2, 0.25) is 0 Å². The number of nitrogens with one attached hydrogen (secondary N) is 5. The summed E-state index contributed by atoms with van der Waals surface area (Å²) in [4.78, 5) is 61.2. The van der Waals surface area contributed by atoms with E-state index < -0.39 is 74.9 Å². The number of aliphatic hydroxyl groups excluding tert-OH is 1. The van der Waals surface area contributed by atoms with Gasteiger partial charge in [-0.15, -0.1) is 11.3 Å². The molecule has 4 amide bonds. The van der Waals surface area contributed by atoms with Gasteiger partial charge in [0.2, 0.25) is 11.8 Å². The molecule has 4 atom stereocenters. The van der Waals surface area contributed by atoms with Crippen molar-refractivity contribution < 1.29 is 50.6 Å². The molecule has 0 saturated carbocycles. The molecule has 1 aliphatic heterocycles. The smallest absolute Gasteiger partial charge is 0.355 e. The molecule has 0 radical (unpaired) electrons. The van der Waals surface area contributed by atoms with Crippen molar-refractivity contribution in [3.05, 3.63) is 148 Å². The van der Waals surface area contributed by atoms with Crippen molar-refractivity contribution in [2.24, 2.45) is 11.1 Å². The molecule has 0 aliphatic carbocycles. The largest absolute Gasteiger partial charge is 0.484 e. The second-order valence-electron chi connectivity index (χ2n) is 19.2. The minimum absolute atomic E-state index is 0.00200. The van der Waals surface area contributed by atoms with Crippen molar-refractivity contribution in [1.82, 2.24) is 40.5 Å². The zero-order valence-corrected chi connectivity index (χ0v) is 43.3. The third kappa shape index (κ3) is 12.5. The van der Waals surface area contributed by atoms with E-state index in [2.05, 4.69) is 36.2 Å². The summed E-state index contributed by atoms with van der Waals surface area (Å²) in [5.74, 6) is -6.54. The molecule has 0 bridgehead atoms. The Kier molecular flexibility index (Phi) is 16.0. The molecule has 1 saturated heterocycles. The molecule has 4 heterocycles. The van der Waals surface area contributed by atoms with E-state index in [9.17, 15) is 45.9 Å². The Hall–Kier alpha value is -8.09. The molecular formula is C52H54F3N11O8S2. The van der Waals surface area contributed by atoms with Crippen LogP contribution in [0.3, 0.4) is 0 Å². The Balaban J connectivity index is 0.907. The fourth-order valence-corrected chi connectivity index (χ4v) is 9.89. The first-order chi connectivity index (χ1) is 36.0. The number of β-amino-alcohol motifs (C(OH)–C–C–N with tert-alkyl or cyclic N) is 1. The van der Waals surface area contributed by atoms with Crippen molar-refractivity contribution in [2.75, 3.05) is 16.6 Å². The minimum Gasteiger partial charge on any atom is -0.484 e. The number of ether oxygens (including phenoxy) is 1. The molecule has 8 rings (SSSR count). The zero-order valence-electron chi connectivity index (χ0n) is 41.7. The highest BCUT2D eigenvalue weighted by molar-refractivity contribution is 7.93. The van der Waals surface area contributed by atoms with Gasteiger partial charge in [0.1, 0.15) is 46.8 Å². The SMILES string of the molecule is Cc1ncsc1-c1ccc(CNC(=O)[C@@H]2C[C@@H](O)CN2C(=O)[C@@H](NC(=O)c2ccc(Cn3ccc(Nc4[nH]nc(-c5ccc(NS(=O)(=O)C(F)F)c(O[C@@H](C)c6ccc(F)cc6)c5)c4C(N)=O)n3)cc2)C(C)(C)C)cc1. The number of alkyl halides is 2. The number of sulfonamides is 1. The van der Waals surface area contributed by atoms with Crippen molar-refractivity contribution in [2.45, 2.75) is 84.2 Å². The molecule has 7 aromatic rings. The maximum Gasteiger partial charge on any atom is 0.355 e. The Bertz CT molecular complexity index is 3360. The van der Waals surface area contributed by atoms with Gasteiger partial charge >= 0.3 is 5.76 Å². The van der Waals surface area contributed by atoms with Crippen LogP contribution in [0.15, 0.2) is 109 Å². The number of nitrogens with two attached hydrogens (primary N) is 1. The van der Waals surface area contributed by atoms with Crippen LogP contribution in [0.1, 0.15) is 83.3 Å². The van der Waals surface area contributed by atoms with Gasteiger partial charge in [-0.25, -0.2) is 17.8 Å². The molecule has 0 spiro atoms. The fourth-order valence-electron chi connectivity index (χ4n) is 8.51. The lowest BCUT2D eigenvalue weighted by atomic mass is 9.85. The molecule has 398 valence electrons. The predicted octanol–water partition coefficient (Wildman–Crippen LogP) is 7.26. The van der Waals surface area contributed by atoms with Crippen LogP contribution in [-0.2, 0) is 32.7 Å². The van der Waals surface area contributed by atoms with Gasteiger partial charge in [-0.1, -0.05) is 75.4 Å². The minimum atomic E-state index is -5.14. The number of hydrogen-bond donors (Lipinski definition) is 7. The maximum atomic E-state index is 14.2. The third-order valence-electron chi connectivity index (χ3n) is 12.5. The van der Waals surface area contributed by atoms with Crippen molar-refractivity contribution in [1.29, 1.82) is 0 Å². The summed E-state index contributed by atoms with van der Waals surface area (Å²) in [6.45, 7) is 9.30. The van der Waals surface area contributed by atoms with Crippen LogP contribution in [-0.4, -0.2) is 97.5 Å². The first-order valence-electron chi connectivity index (χ1n) is 23.7. The van der Waals surface area contributed by atoms with Crippen LogP contribution in [0.4, 0.5) is 30.5 Å². The molecule has 8 N–H and O–H groups in total. The monoisotopic (exact) mass is 1080 g/mol. The number of aliphatic hydroxyl groups is 1. The molecule has 3 aromatic heterocycles. The van der Waals surface area contributed by atoms with Crippen molar-refractivity contribution >= 4 is 62.3 Å². The number of rotatable bonds is 19. The average Bonchev–Trinajstić information content (AvgIpc) is 4.21. The van der Waals surface area contributed by atoms with E-state index in [0.29, 0.717) is 5.56 Å². The van der Waals surface area contributed by atoms with E-state index in [0.717, 1.165) is 33.3 Å². The maximum absolute atomic E-state index is 14.2. The Morgan fingerprint density at radius 2 is 1.64 bits per heavy atom. The number of amides is 4. The summed E-state index contributed by atoms with van der Waals surface area (Å²) < 4.78 is 74.2.